The van der Waals surface area contributed by atoms with Gasteiger partial charge in [-0.15, -0.1) is 0 Å². The molecule has 0 saturated carbocycles. The van der Waals surface area contributed by atoms with Gasteiger partial charge in [0.1, 0.15) is 0 Å². The maximum atomic E-state index is 11.9. The van der Waals surface area contributed by atoms with Crippen LogP contribution in [0.1, 0.15) is 27.7 Å². The van der Waals surface area contributed by atoms with Gasteiger partial charge in [0.15, 0.2) is 0 Å². The van der Waals surface area contributed by atoms with Gasteiger partial charge >= 0.3 is 10.2 Å². The van der Waals surface area contributed by atoms with E-state index in [9.17, 15) is 13.2 Å². The van der Waals surface area contributed by atoms with Crippen molar-refractivity contribution < 1.29 is 13.2 Å². The molecule has 0 aromatic carbocycles. The van der Waals surface area contributed by atoms with Gasteiger partial charge in [0.2, 0.25) is 0 Å². The van der Waals surface area contributed by atoms with E-state index < -0.39 is 16.1 Å². The first-order chi connectivity index (χ1) is 6.77. The molecule has 0 unspecified atom stereocenters. The van der Waals surface area contributed by atoms with E-state index in [2.05, 4.69) is 4.72 Å². The van der Waals surface area contributed by atoms with Crippen molar-refractivity contribution in [1.29, 1.82) is 0 Å². The van der Waals surface area contributed by atoms with Crippen molar-refractivity contribution in [3.8, 4) is 0 Å². The zero-order chi connectivity index (χ0) is 11.8. The van der Waals surface area contributed by atoms with Crippen molar-refractivity contribution in [3.05, 3.63) is 11.8 Å². The molecule has 0 atom stereocenters. The second-order valence-corrected chi connectivity index (χ2v) is 5.65. The quantitative estimate of drug-likeness (QED) is 0.758. The maximum absolute atomic E-state index is 11.9. The molecular formula is C9H16N2O3S. The van der Waals surface area contributed by atoms with Gasteiger partial charge < -0.3 is 0 Å². The lowest BCUT2D eigenvalue weighted by Gasteiger charge is -2.31. The van der Waals surface area contributed by atoms with E-state index in [1.54, 1.807) is 13.8 Å². The van der Waals surface area contributed by atoms with Gasteiger partial charge in [-0.2, -0.15) is 8.42 Å². The second-order valence-electron chi connectivity index (χ2n) is 4.07. The standard InChI is InChI=1S/C9H16N2O3S/c1-6(2)8-5-10-15(13,14)11(7(3)4)9(8)12/h5-7,10H,1-4H3. The van der Waals surface area contributed by atoms with Crippen LogP contribution in [0, 0.1) is 5.92 Å². The summed E-state index contributed by atoms with van der Waals surface area (Å²) < 4.78 is 26.2. The van der Waals surface area contributed by atoms with Crippen LogP contribution in [0.25, 0.3) is 0 Å². The first-order valence-electron chi connectivity index (χ1n) is 4.83. The summed E-state index contributed by atoms with van der Waals surface area (Å²) in [6.07, 6.45) is 1.28. The SMILES string of the molecule is CC(C)C1=CNS(=O)(=O)N(C(C)C)C1=O. The van der Waals surface area contributed by atoms with E-state index in [0.717, 1.165) is 4.31 Å². The molecule has 0 aromatic heterocycles. The van der Waals surface area contributed by atoms with Crippen LogP contribution in [0.15, 0.2) is 11.8 Å². The van der Waals surface area contributed by atoms with Crippen molar-refractivity contribution in [1.82, 2.24) is 9.03 Å². The van der Waals surface area contributed by atoms with Crippen molar-refractivity contribution in [2.24, 2.45) is 5.92 Å². The smallest absolute Gasteiger partial charge is 0.273 e. The number of hydrogen-bond donors (Lipinski definition) is 1. The van der Waals surface area contributed by atoms with E-state index in [1.165, 1.54) is 6.20 Å². The van der Waals surface area contributed by atoms with Crippen LogP contribution < -0.4 is 4.72 Å². The van der Waals surface area contributed by atoms with Crippen molar-refractivity contribution in [2.45, 2.75) is 33.7 Å². The van der Waals surface area contributed by atoms with Crippen LogP contribution in [0.3, 0.4) is 0 Å². The van der Waals surface area contributed by atoms with Gasteiger partial charge in [0.25, 0.3) is 5.91 Å². The Morgan fingerprint density at radius 1 is 1.27 bits per heavy atom. The Kier molecular flexibility index (Phi) is 3.08. The minimum atomic E-state index is -3.68. The number of carbonyl (C=O) groups excluding carboxylic acids is 1. The van der Waals surface area contributed by atoms with E-state index in [0.29, 0.717) is 5.57 Å². The summed E-state index contributed by atoms with van der Waals surface area (Å²) in [5.74, 6) is -0.430. The van der Waals surface area contributed by atoms with E-state index in [4.69, 9.17) is 0 Å². The second kappa shape index (κ2) is 3.84. The van der Waals surface area contributed by atoms with E-state index in [-0.39, 0.29) is 12.0 Å². The molecule has 15 heavy (non-hydrogen) atoms. The van der Waals surface area contributed by atoms with Gasteiger partial charge in [-0.25, -0.2) is 4.31 Å². The Hall–Kier alpha value is -1.04. The molecule has 0 saturated heterocycles. The third kappa shape index (κ3) is 2.14. The number of hydrogen-bond acceptors (Lipinski definition) is 3. The molecule has 1 rings (SSSR count). The highest BCUT2D eigenvalue weighted by atomic mass is 32.2. The van der Waals surface area contributed by atoms with Gasteiger partial charge in [-0.1, -0.05) is 13.8 Å². The molecule has 86 valence electrons. The Bertz CT molecular complexity index is 396. The van der Waals surface area contributed by atoms with Crippen LogP contribution in [0.5, 0.6) is 0 Å². The fourth-order valence-corrected chi connectivity index (χ4v) is 2.69. The minimum absolute atomic E-state index is 0.00162. The van der Waals surface area contributed by atoms with Crippen LogP contribution in [-0.4, -0.2) is 24.7 Å². The molecule has 6 heteroatoms. The Morgan fingerprint density at radius 3 is 2.20 bits per heavy atom. The van der Waals surface area contributed by atoms with Crippen LogP contribution in [0.2, 0.25) is 0 Å². The fraction of sp³-hybridized carbons (Fsp3) is 0.667. The molecule has 0 bridgehead atoms. The summed E-state index contributed by atoms with van der Waals surface area (Å²) in [7, 11) is -3.68. The molecule has 0 aromatic rings. The maximum Gasteiger partial charge on any atom is 0.326 e. The van der Waals surface area contributed by atoms with Gasteiger partial charge in [-0.3, -0.25) is 9.52 Å². The molecule has 1 aliphatic heterocycles. The lowest BCUT2D eigenvalue weighted by atomic mass is 10.0. The highest BCUT2D eigenvalue weighted by Gasteiger charge is 2.35. The first-order valence-corrected chi connectivity index (χ1v) is 6.27. The topological polar surface area (TPSA) is 66.5 Å². The normalized spacial score (nSPS) is 20.5. The number of carbonyl (C=O) groups is 1. The fourth-order valence-electron chi connectivity index (χ4n) is 1.42. The van der Waals surface area contributed by atoms with Crippen LogP contribution in [0.4, 0.5) is 0 Å². The molecule has 0 spiro atoms. The monoisotopic (exact) mass is 232 g/mol. The lowest BCUT2D eigenvalue weighted by molar-refractivity contribution is -0.124. The molecular weight excluding hydrogens is 216 g/mol. The number of amides is 1. The summed E-state index contributed by atoms with van der Waals surface area (Å²) in [5.41, 5.74) is 0.485. The number of nitrogens with zero attached hydrogens (tertiary/aromatic N) is 1. The van der Waals surface area contributed by atoms with Gasteiger partial charge in [0.05, 0.1) is 0 Å². The summed E-state index contributed by atoms with van der Waals surface area (Å²) in [6.45, 7) is 7.03. The summed E-state index contributed by atoms with van der Waals surface area (Å²) >= 11 is 0. The summed E-state index contributed by atoms with van der Waals surface area (Å²) in [6, 6.07) is -0.377. The Labute approximate surface area is 90.3 Å². The number of nitrogens with one attached hydrogen (secondary N) is 1. The highest BCUT2D eigenvalue weighted by molar-refractivity contribution is 7.87. The average Bonchev–Trinajstić information content (AvgIpc) is 2.00. The van der Waals surface area contributed by atoms with Crippen molar-refractivity contribution in [3.63, 3.8) is 0 Å². The zero-order valence-electron chi connectivity index (χ0n) is 9.31. The third-order valence-corrected chi connectivity index (χ3v) is 3.68. The van der Waals surface area contributed by atoms with E-state index >= 15 is 0 Å². The van der Waals surface area contributed by atoms with Gasteiger partial charge in [-0.05, 0) is 19.8 Å². The molecule has 1 aliphatic rings. The Balaban J connectivity index is 3.18. The first kappa shape index (κ1) is 12.0. The van der Waals surface area contributed by atoms with Crippen LogP contribution >= 0.6 is 0 Å². The molecule has 5 nitrogen and oxygen atoms in total. The minimum Gasteiger partial charge on any atom is -0.273 e. The average molecular weight is 232 g/mol. The predicted octanol–water partition coefficient (Wildman–Crippen LogP) is 0.611. The Morgan fingerprint density at radius 2 is 1.80 bits per heavy atom. The van der Waals surface area contributed by atoms with Crippen molar-refractivity contribution in [2.75, 3.05) is 0 Å². The van der Waals surface area contributed by atoms with Crippen molar-refractivity contribution >= 4 is 16.1 Å². The van der Waals surface area contributed by atoms with Gasteiger partial charge in [0, 0.05) is 17.8 Å². The summed E-state index contributed by atoms with van der Waals surface area (Å²) in [5, 5.41) is 0. The summed E-state index contributed by atoms with van der Waals surface area (Å²) in [4.78, 5) is 11.9. The molecule has 1 heterocycles. The van der Waals surface area contributed by atoms with Crippen LogP contribution in [-0.2, 0) is 15.0 Å². The molecule has 0 aliphatic carbocycles. The number of rotatable bonds is 2. The zero-order valence-corrected chi connectivity index (χ0v) is 10.1. The molecule has 1 N–H and O–H groups in total. The molecule has 1 amide bonds. The highest BCUT2D eigenvalue weighted by Crippen LogP contribution is 2.20. The largest absolute Gasteiger partial charge is 0.326 e. The van der Waals surface area contributed by atoms with E-state index in [1.807, 2.05) is 13.8 Å². The molecule has 0 fully saturated rings. The third-order valence-electron chi connectivity index (χ3n) is 2.16. The molecule has 0 radical (unpaired) electrons. The lowest BCUT2D eigenvalue weighted by Crippen LogP contribution is -2.51. The predicted molar refractivity (Wildman–Crippen MR) is 57.0 cm³/mol.